The summed E-state index contributed by atoms with van der Waals surface area (Å²) in [7, 11) is 1.77. The van der Waals surface area contributed by atoms with Crippen molar-refractivity contribution in [3.63, 3.8) is 0 Å². The molecule has 2 aliphatic rings. The van der Waals surface area contributed by atoms with Crippen LogP contribution in [-0.4, -0.2) is 30.7 Å². The molecule has 0 spiro atoms. The first-order valence-corrected chi connectivity index (χ1v) is 9.16. The van der Waals surface area contributed by atoms with E-state index in [1.54, 1.807) is 19.2 Å². The van der Waals surface area contributed by atoms with E-state index in [1.807, 2.05) is 11.0 Å². The minimum absolute atomic E-state index is 0.00237. The number of nitrogens with one attached hydrogen (secondary N) is 2. The zero-order valence-electron chi connectivity index (χ0n) is 15.0. The van der Waals surface area contributed by atoms with Crippen LogP contribution in [-0.2, 0) is 6.18 Å². The summed E-state index contributed by atoms with van der Waals surface area (Å²) in [6, 6.07) is 6.29. The molecular weight excluding hydrogens is 377 g/mol. The number of alkyl halides is 3. The molecule has 27 heavy (non-hydrogen) atoms. The highest BCUT2D eigenvalue weighted by Crippen LogP contribution is 2.54. The molecule has 0 amide bonds. The first-order valence-electron chi connectivity index (χ1n) is 8.78. The van der Waals surface area contributed by atoms with Gasteiger partial charge in [-0.3, -0.25) is 0 Å². The number of piperidine rings is 1. The van der Waals surface area contributed by atoms with E-state index in [0.717, 1.165) is 18.5 Å². The predicted octanol–water partition coefficient (Wildman–Crippen LogP) is 4.78. The Morgan fingerprint density at radius 3 is 2.74 bits per heavy atom. The first-order chi connectivity index (χ1) is 12.7. The van der Waals surface area contributed by atoms with E-state index in [1.165, 1.54) is 12.3 Å². The van der Waals surface area contributed by atoms with Crippen molar-refractivity contribution in [1.29, 1.82) is 0 Å². The normalized spacial score (nSPS) is 24.5. The van der Waals surface area contributed by atoms with Crippen LogP contribution in [0.3, 0.4) is 0 Å². The second-order valence-electron chi connectivity index (χ2n) is 7.38. The zero-order chi connectivity index (χ0) is 19.4. The molecule has 0 bridgehead atoms. The number of likely N-dealkylation sites (N-methyl/N-ethyl adjacent to an activating group) is 1. The minimum atomic E-state index is -4.44. The quantitative estimate of drug-likeness (QED) is 0.716. The smallest absolute Gasteiger partial charge is 0.368 e. The topological polar surface area (TPSA) is 40.2 Å². The number of hydrogen-bond donors (Lipinski definition) is 2. The molecule has 2 aliphatic heterocycles. The first kappa shape index (κ1) is 18.4. The van der Waals surface area contributed by atoms with Crippen LogP contribution in [0, 0.1) is 0 Å². The van der Waals surface area contributed by atoms with E-state index in [4.69, 9.17) is 11.6 Å². The Morgan fingerprint density at radius 1 is 1.30 bits per heavy atom. The maximum atomic E-state index is 13.9. The number of halogens is 4. The van der Waals surface area contributed by atoms with Crippen molar-refractivity contribution in [2.24, 2.45) is 0 Å². The highest BCUT2D eigenvalue weighted by molar-refractivity contribution is 6.29. The molecule has 8 heteroatoms. The van der Waals surface area contributed by atoms with Gasteiger partial charge < -0.3 is 15.5 Å². The van der Waals surface area contributed by atoms with Crippen LogP contribution in [0.1, 0.15) is 30.4 Å². The number of pyridine rings is 1. The van der Waals surface area contributed by atoms with Gasteiger partial charge in [-0.2, -0.15) is 13.2 Å². The third-order valence-electron chi connectivity index (χ3n) is 5.84. The molecule has 1 saturated heterocycles. The summed E-state index contributed by atoms with van der Waals surface area (Å²) in [5.41, 5.74) is 1.07. The number of anilines is 3. The largest absolute Gasteiger partial charge is 0.418 e. The lowest BCUT2D eigenvalue weighted by molar-refractivity contribution is -0.137. The predicted molar refractivity (Wildman–Crippen MR) is 101 cm³/mol. The van der Waals surface area contributed by atoms with Crippen LogP contribution in [0.4, 0.5) is 30.2 Å². The van der Waals surface area contributed by atoms with Crippen molar-refractivity contribution in [3.05, 3.63) is 46.7 Å². The van der Waals surface area contributed by atoms with Gasteiger partial charge in [0.15, 0.2) is 0 Å². The van der Waals surface area contributed by atoms with Gasteiger partial charge in [-0.05, 0) is 49.7 Å². The van der Waals surface area contributed by atoms with Gasteiger partial charge in [-0.15, -0.1) is 0 Å². The van der Waals surface area contributed by atoms with Crippen molar-refractivity contribution in [1.82, 2.24) is 10.3 Å². The average molecular weight is 397 g/mol. The number of fused-ring (bicyclic) bond motifs is 3. The van der Waals surface area contributed by atoms with Gasteiger partial charge in [0, 0.05) is 30.7 Å². The molecule has 144 valence electrons. The molecule has 1 fully saturated rings. The van der Waals surface area contributed by atoms with E-state index in [-0.39, 0.29) is 11.5 Å². The molecule has 0 unspecified atom stereocenters. The van der Waals surface area contributed by atoms with Gasteiger partial charge in [-0.1, -0.05) is 11.6 Å². The zero-order valence-corrected chi connectivity index (χ0v) is 15.7. The third-order valence-corrected chi connectivity index (χ3v) is 6.07. The summed E-state index contributed by atoms with van der Waals surface area (Å²) in [4.78, 5) is 5.79. The molecule has 4 nitrogen and oxygen atoms in total. The number of hydrogen-bond acceptors (Lipinski definition) is 4. The molecule has 1 aromatic carbocycles. The third kappa shape index (κ3) is 3.02. The Balaban J connectivity index is 1.83. The summed E-state index contributed by atoms with van der Waals surface area (Å²) in [5.74, 6) is -0.00237. The van der Waals surface area contributed by atoms with E-state index >= 15 is 0 Å². The van der Waals surface area contributed by atoms with Gasteiger partial charge in [0.05, 0.1) is 23.1 Å². The fourth-order valence-corrected chi connectivity index (χ4v) is 4.40. The Bertz CT molecular complexity index is 868. The fourth-order valence-electron chi connectivity index (χ4n) is 4.29. The summed E-state index contributed by atoms with van der Waals surface area (Å²) >= 11 is 5.78. The fraction of sp³-hybridized carbons (Fsp3) is 0.421. The molecule has 0 radical (unpaired) electrons. The molecule has 4 rings (SSSR count). The Labute approximate surface area is 160 Å². The van der Waals surface area contributed by atoms with Crippen molar-refractivity contribution in [2.75, 3.05) is 30.4 Å². The molecule has 2 aromatic rings. The van der Waals surface area contributed by atoms with Gasteiger partial charge in [0.1, 0.15) is 5.15 Å². The molecular formula is C19H20ClF3N4. The van der Waals surface area contributed by atoms with Gasteiger partial charge in [0.25, 0.3) is 0 Å². The lowest BCUT2D eigenvalue weighted by atomic mass is 9.78. The van der Waals surface area contributed by atoms with Gasteiger partial charge >= 0.3 is 6.18 Å². The van der Waals surface area contributed by atoms with Crippen LogP contribution in [0.5, 0.6) is 0 Å². The van der Waals surface area contributed by atoms with Gasteiger partial charge in [0.2, 0.25) is 0 Å². The molecule has 0 aliphatic carbocycles. The molecule has 3 heterocycles. The number of benzene rings is 1. The van der Waals surface area contributed by atoms with Crippen LogP contribution in [0.15, 0.2) is 30.5 Å². The Kier molecular flexibility index (Phi) is 4.27. The van der Waals surface area contributed by atoms with E-state index in [9.17, 15) is 13.2 Å². The van der Waals surface area contributed by atoms with E-state index < -0.39 is 11.7 Å². The molecule has 0 saturated carbocycles. The van der Waals surface area contributed by atoms with E-state index in [0.29, 0.717) is 28.8 Å². The maximum Gasteiger partial charge on any atom is 0.418 e. The molecule has 1 aromatic heterocycles. The SMILES string of the molecule is CN1c2c(cc(Nc3ccc(Cl)nc3)cc2C(F)(F)F)[C@@H]2CNCC[C@@]21C. The van der Waals surface area contributed by atoms with Crippen molar-refractivity contribution in [2.45, 2.75) is 31.0 Å². The minimum Gasteiger partial charge on any atom is -0.368 e. The van der Waals surface area contributed by atoms with Crippen molar-refractivity contribution < 1.29 is 13.2 Å². The highest BCUT2D eigenvalue weighted by atomic mass is 35.5. The monoisotopic (exact) mass is 396 g/mol. The van der Waals surface area contributed by atoms with Crippen LogP contribution < -0.4 is 15.5 Å². The number of nitrogens with zero attached hydrogens (tertiary/aromatic N) is 2. The summed E-state index contributed by atoms with van der Waals surface area (Å²) in [6.07, 6.45) is -2.14. The average Bonchev–Trinajstić information content (AvgIpc) is 2.84. The van der Waals surface area contributed by atoms with Crippen molar-refractivity contribution in [3.8, 4) is 0 Å². The van der Waals surface area contributed by atoms with Gasteiger partial charge in [-0.25, -0.2) is 4.98 Å². The standard InChI is InChI=1S/C19H20ClF3N4/c1-18-5-6-24-10-15(18)13-7-12(26-11-3-4-16(20)25-9-11)8-14(19(21,22)23)17(13)27(18)2/h3-4,7-9,15,24,26H,5-6,10H2,1-2H3/t15-,18-/m0/s1. The lowest BCUT2D eigenvalue weighted by Gasteiger charge is -2.42. The van der Waals surface area contributed by atoms with Crippen molar-refractivity contribution >= 4 is 28.7 Å². The Morgan fingerprint density at radius 2 is 2.07 bits per heavy atom. The second kappa shape index (κ2) is 6.27. The summed E-state index contributed by atoms with van der Waals surface area (Å²) in [6.45, 7) is 3.51. The molecule has 2 atom stereocenters. The Hall–Kier alpha value is -1.99. The van der Waals surface area contributed by atoms with E-state index in [2.05, 4.69) is 22.5 Å². The lowest BCUT2D eigenvalue weighted by Crippen LogP contribution is -2.52. The van der Waals surface area contributed by atoms with Crippen LogP contribution >= 0.6 is 11.6 Å². The molecule has 2 N–H and O–H groups in total. The number of rotatable bonds is 2. The summed E-state index contributed by atoms with van der Waals surface area (Å²) < 4.78 is 41.7. The van der Waals surface area contributed by atoms with Crippen LogP contribution in [0.25, 0.3) is 0 Å². The highest BCUT2D eigenvalue weighted by Gasteiger charge is 2.51. The second-order valence-corrected chi connectivity index (χ2v) is 7.76. The number of aromatic nitrogens is 1. The van der Waals surface area contributed by atoms with Crippen LogP contribution in [0.2, 0.25) is 5.15 Å². The maximum absolute atomic E-state index is 13.9. The summed E-state index contributed by atoms with van der Waals surface area (Å²) in [5, 5.41) is 6.69.